The molecular formula is C30H90. The highest BCUT2D eigenvalue weighted by Gasteiger charge is 0.960. The van der Waals surface area contributed by atoms with Crippen molar-refractivity contribution in [3.63, 3.8) is 0 Å². The molecule has 0 nitrogen and oxygen atoms in total. The van der Waals surface area contributed by atoms with E-state index in [1.807, 2.05) is 208 Å². The second-order valence-corrected chi connectivity index (χ2v) is 0. The first-order valence-corrected chi connectivity index (χ1v) is 15.0. The second kappa shape index (κ2) is 0. The van der Waals surface area contributed by atoms with Crippen molar-refractivity contribution in [2.24, 2.45) is 0 Å². The van der Waals surface area contributed by atoms with Crippen molar-refractivity contribution < 1.29 is 0 Å². The molecule has 0 radical (unpaired) electrons. The maximum Gasteiger partial charge on any atom is -0.0683 e. The summed E-state index contributed by atoms with van der Waals surface area (Å²) in [4.78, 5) is 0. The third-order valence-electron chi connectivity index (χ3n) is 0. The summed E-state index contributed by atoms with van der Waals surface area (Å²) in [5.74, 6) is 0. The van der Waals surface area contributed by atoms with Gasteiger partial charge in [-0.15, -0.1) is 0 Å². The summed E-state index contributed by atoms with van der Waals surface area (Å²) in [6, 6.07) is 0. The van der Waals surface area contributed by atoms with E-state index >= 15 is 0 Å². The lowest BCUT2D eigenvalue weighted by atomic mass is 11.0. The third-order valence-corrected chi connectivity index (χ3v) is 0. The quantitative estimate of drug-likeness (QED) is 0.344. The molecule has 0 amide bonds. The first kappa shape index (κ1) is 112. The van der Waals surface area contributed by atoms with E-state index < -0.39 is 0 Å². The predicted octanol–water partition coefficient (Wildman–Crippen LogP) is 15.4. The van der Waals surface area contributed by atoms with Gasteiger partial charge in [-0.25, -0.2) is 0 Å². The monoisotopic (exact) mass is 451 g/mol. The van der Waals surface area contributed by atoms with Gasteiger partial charge in [0.2, 0.25) is 0 Å². The van der Waals surface area contributed by atoms with Crippen LogP contribution in [0.1, 0.15) is 208 Å². The van der Waals surface area contributed by atoms with E-state index in [4.69, 9.17) is 0 Å². The molecule has 0 bridgehead atoms. The SMILES string of the molecule is CC.CC.CC.CC.CC.CC.CC.CC.CC.CC.CC.CC.CC.CC.CC. The molecule has 0 saturated heterocycles. The Bertz CT molecular complexity index is 0. The Hall–Kier alpha value is 0. The minimum absolute atomic E-state index is 2.00. The molecule has 0 heteroatoms. The van der Waals surface area contributed by atoms with E-state index in [1.54, 1.807) is 0 Å². The summed E-state index contributed by atoms with van der Waals surface area (Å²) in [6.45, 7) is 60.0. The Morgan fingerprint density at radius 2 is 0.0667 bits per heavy atom. The molecule has 210 valence electrons. The van der Waals surface area contributed by atoms with Gasteiger partial charge in [-0.2, -0.15) is 0 Å². The van der Waals surface area contributed by atoms with Crippen molar-refractivity contribution in [2.45, 2.75) is 208 Å². The zero-order valence-corrected chi connectivity index (χ0v) is 30.0. The molecule has 0 aromatic rings. The number of hydrogen-bond acceptors (Lipinski definition) is 0. The van der Waals surface area contributed by atoms with Gasteiger partial charge in [0.1, 0.15) is 0 Å². The summed E-state index contributed by atoms with van der Waals surface area (Å²) in [6.07, 6.45) is 0. The van der Waals surface area contributed by atoms with Crippen LogP contribution in [0, 0.1) is 0 Å². The largest absolute Gasteiger partial charge is 0.0683 e. The van der Waals surface area contributed by atoms with Gasteiger partial charge in [-0.05, 0) is 0 Å². The molecular weight excluding hydrogens is 360 g/mol. The van der Waals surface area contributed by atoms with Gasteiger partial charge < -0.3 is 0 Å². The van der Waals surface area contributed by atoms with Gasteiger partial charge in [0.05, 0.1) is 0 Å². The van der Waals surface area contributed by atoms with Crippen LogP contribution in [0.2, 0.25) is 0 Å². The lowest BCUT2D eigenvalue weighted by Crippen LogP contribution is -0.856. The fraction of sp³-hybridized carbons (Fsp3) is 1.00. The van der Waals surface area contributed by atoms with Gasteiger partial charge in [-0.3, -0.25) is 0 Å². The standard InChI is InChI=1S/15C2H6/c15*1-2/h15*1-2H3. The summed E-state index contributed by atoms with van der Waals surface area (Å²) >= 11 is 0. The third kappa shape index (κ3) is 0. The Morgan fingerprint density at radius 3 is 0.0667 bits per heavy atom. The molecule has 0 heterocycles. The number of hydrogen-bond donors (Lipinski definition) is 0. The fourth-order valence-corrected chi connectivity index (χ4v) is 0. The normalized spacial score (nSPS) is 3.00. The Labute approximate surface area is 207 Å². The molecule has 0 N–H and O–H groups in total. The second-order valence-electron chi connectivity index (χ2n) is 0. The molecule has 0 aliphatic carbocycles. The first-order chi connectivity index (χ1) is 15.0. The lowest BCUT2D eigenvalue weighted by Gasteiger charge is -1.07. The van der Waals surface area contributed by atoms with Crippen molar-refractivity contribution >= 4 is 0 Å². The van der Waals surface area contributed by atoms with Gasteiger partial charge in [0.15, 0.2) is 0 Å². The molecule has 0 spiro atoms. The van der Waals surface area contributed by atoms with Crippen molar-refractivity contribution in [1.29, 1.82) is 0 Å². The van der Waals surface area contributed by atoms with E-state index in [-0.39, 0.29) is 0 Å². The van der Waals surface area contributed by atoms with Crippen LogP contribution in [0.4, 0.5) is 0 Å². The highest BCUT2D eigenvalue weighted by Crippen LogP contribution is 1.17. The zero-order chi connectivity index (χ0) is 30.0. The highest BCUT2D eigenvalue weighted by atomic mass is 13.0. The lowest BCUT2D eigenvalue weighted by molar-refractivity contribution is 1.50. The highest BCUT2D eigenvalue weighted by molar-refractivity contribution is 3.53. The van der Waals surface area contributed by atoms with Gasteiger partial charge in [-0.1, -0.05) is 208 Å². The topological polar surface area (TPSA) is 0 Å². The molecule has 0 atom stereocenters. The molecule has 0 saturated carbocycles. The summed E-state index contributed by atoms with van der Waals surface area (Å²) in [5, 5.41) is 0. The molecule has 0 fully saturated rings. The minimum Gasteiger partial charge on any atom is -0.0683 e. The maximum atomic E-state index is 2.00. The fourth-order valence-electron chi connectivity index (χ4n) is 0. The van der Waals surface area contributed by atoms with Crippen LogP contribution >= 0.6 is 0 Å². The summed E-state index contributed by atoms with van der Waals surface area (Å²) in [7, 11) is 0. The zero-order valence-electron chi connectivity index (χ0n) is 30.0. The average Bonchev–Trinajstić information content (AvgIpc) is 3.00. The van der Waals surface area contributed by atoms with Gasteiger partial charge in [0.25, 0.3) is 0 Å². The summed E-state index contributed by atoms with van der Waals surface area (Å²) in [5.41, 5.74) is 0. The van der Waals surface area contributed by atoms with Crippen molar-refractivity contribution in [1.82, 2.24) is 0 Å². The van der Waals surface area contributed by atoms with Crippen molar-refractivity contribution in [3.8, 4) is 0 Å². The van der Waals surface area contributed by atoms with Crippen molar-refractivity contribution in [2.75, 3.05) is 0 Å². The molecule has 0 unspecified atom stereocenters. The summed E-state index contributed by atoms with van der Waals surface area (Å²) < 4.78 is 0. The van der Waals surface area contributed by atoms with Crippen LogP contribution in [0.5, 0.6) is 0 Å². The Morgan fingerprint density at radius 1 is 0.0667 bits per heavy atom. The van der Waals surface area contributed by atoms with E-state index in [0.717, 1.165) is 0 Å². The van der Waals surface area contributed by atoms with Crippen LogP contribution in [-0.4, -0.2) is 0 Å². The van der Waals surface area contributed by atoms with Crippen LogP contribution < -0.4 is 0 Å². The van der Waals surface area contributed by atoms with Gasteiger partial charge >= 0.3 is 0 Å². The Kier molecular flexibility index (Phi) is 0. The van der Waals surface area contributed by atoms with Crippen LogP contribution in [-0.2, 0) is 0 Å². The van der Waals surface area contributed by atoms with E-state index in [2.05, 4.69) is 0 Å². The van der Waals surface area contributed by atoms with Crippen LogP contribution in [0.25, 0.3) is 0 Å². The molecule has 30 heavy (non-hydrogen) atoms. The average molecular weight is 451 g/mol. The molecule has 0 aliphatic rings. The molecule has 0 aliphatic heterocycles. The van der Waals surface area contributed by atoms with Crippen LogP contribution in [0.3, 0.4) is 0 Å². The number of rotatable bonds is 0. The Balaban J connectivity index is -0.00000000618. The molecule has 0 aromatic heterocycles. The van der Waals surface area contributed by atoms with Gasteiger partial charge in [0, 0.05) is 0 Å². The minimum atomic E-state index is 2.00. The predicted molar refractivity (Wildman–Crippen MR) is 170 cm³/mol. The van der Waals surface area contributed by atoms with Crippen LogP contribution in [0.15, 0.2) is 0 Å². The van der Waals surface area contributed by atoms with Crippen molar-refractivity contribution in [3.05, 3.63) is 0 Å². The molecule has 0 aromatic carbocycles. The van der Waals surface area contributed by atoms with E-state index in [0.29, 0.717) is 0 Å². The maximum absolute atomic E-state index is 2.00. The molecule has 0 rings (SSSR count). The van der Waals surface area contributed by atoms with E-state index in [9.17, 15) is 0 Å². The van der Waals surface area contributed by atoms with E-state index in [1.165, 1.54) is 0 Å². The smallest absolute Gasteiger partial charge is 0.0683 e. The first-order valence-electron chi connectivity index (χ1n) is 15.0.